The van der Waals surface area contributed by atoms with Crippen molar-refractivity contribution in [1.82, 2.24) is 19.7 Å². The van der Waals surface area contributed by atoms with Crippen LogP contribution < -0.4 is 0 Å². The minimum Gasteiger partial charge on any atom is -0.378 e. The highest BCUT2D eigenvalue weighted by Gasteiger charge is 2.29. The van der Waals surface area contributed by atoms with Crippen LogP contribution in [0.2, 0.25) is 0 Å². The Hall–Kier alpha value is -3.24. The van der Waals surface area contributed by atoms with Crippen molar-refractivity contribution < 1.29 is 9.26 Å². The molecule has 0 amide bonds. The summed E-state index contributed by atoms with van der Waals surface area (Å²) in [6.07, 6.45) is 6.89. The number of nitrogens with zero attached hydrogens (tertiary/aromatic N) is 5. The highest BCUT2D eigenvalue weighted by atomic mass is 16.5. The number of hydrogen-bond acceptors (Lipinski definition) is 5. The zero-order valence-corrected chi connectivity index (χ0v) is 17.4. The molecule has 1 saturated carbocycles. The lowest BCUT2D eigenvalue weighted by atomic mass is 10.0. The smallest absolute Gasteiger partial charge is 0.188 e. The summed E-state index contributed by atoms with van der Waals surface area (Å²) in [5.74, 6) is 2.50. The molecule has 1 aliphatic heterocycles. The molecule has 2 aliphatic rings. The Morgan fingerprint density at radius 2 is 2.10 bits per heavy atom. The first-order chi connectivity index (χ1) is 15.2. The average molecular weight is 413 g/mol. The van der Waals surface area contributed by atoms with Crippen molar-refractivity contribution in [3.05, 3.63) is 59.2 Å². The molecule has 7 heteroatoms. The molecule has 0 spiro atoms. The van der Waals surface area contributed by atoms with E-state index >= 15 is 0 Å². The Morgan fingerprint density at radius 3 is 2.90 bits per heavy atom. The first-order valence-corrected chi connectivity index (χ1v) is 10.9. The second-order valence-electron chi connectivity index (χ2n) is 8.73. The molecule has 0 radical (unpaired) electrons. The molecule has 4 aromatic rings. The summed E-state index contributed by atoms with van der Waals surface area (Å²) in [5.41, 5.74) is 4.31. The number of rotatable bonds is 4. The van der Waals surface area contributed by atoms with Crippen molar-refractivity contribution in [3.8, 4) is 0 Å². The third-order valence-electron chi connectivity index (χ3n) is 6.42. The average Bonchev–Trinajstić information content (AvgIpc) is 3.42. The molecule has 1 saturated heterocycles. The zero-order chi connectivity index (χ0) is 20.9. The van der Waals surface area contributed by atoms with E-state index in [0.717, 1.165) is 58.7 Å². The van der Waals surface area contributed by atoms with Gasteiger partial charge in [0.1, 0.15) is 17.1 Å². The lowest BCUT2D eigenvalue weighted by Gasteiger charge is -2.30. The van der Waals surface area contributed by atoms with Crippen LogP contribution in [0.25, 0.3) is 26.8 Å². The number of fused-ring (bicyclic) bond motifs is 3. The van der Waals surface area contributed by atoms with Gasteiger partial charge in [-0.1, -0.05) is 11.2 Å². The Labute approximate surface area is 179 Å². The summed E-state index contributed by atoms with van der Waals surface area (Å²) < 4.78 is 13.8. The quantitative estimate of drug-likeness (QED) is 0.423. The van der Waals surface area contributed by atoms with Crippen molar-refractivity contribution in [2.75, 3.05) is 6.61 Å². The van der Waals surface area contributed by atoms with Crippen LogP contribution in [-0.4, -0.2) is 32.4 Å². The predicted molar refractivity (Wildman–Crippen MR) is 116 cm³/mol. The summed E-state index contributed by atoms with van der Waals surface area (Å²) in [4.78, 5) is 13.2. The van der Waals surface area contributed by atoms with Crippen LogP contribution in [0.5, 0.6) is 0 Å². The monoisotopic (exact) mass is 413 g/mol. The van der Waals surface area contributed by atoms with Gasteiger partial charge in [-0.25, -0.2) is 9.83 Å². The fourth-order valence-electron chi connectivity index (χ4n) is 4.74. The molecule has 1 aromatic carbocycles. The van der Waals surface area contributed by atoms with Gasteiger partial charge in [-0.05, 0) is 44.7 Å². The number of aromatic nitrogens is 4. The van der Waals surface area contributed by atoms with Crippen molar-refractivity contribution in [1.29, 1.82) is 0 Å². The van der Waals surface area contributed by atoms with E-state index in [2.05, 4.69) is 32.5 Å². The summed E-state index contributed by atoms with van der Waals surface area (Å²) in [6.45, 7) is 10.3. The summed E-state index contributed by atoms with van der Waals surface area (Å²) in [7, 11) is 0. The molecule has 1 aliphatic carbocycles. The number of hydrogen-bond donors (Lipinski definition) is 0. The molecular weight excluding hydrogens is 390 g/mol. The zero-order valence-electron chi connectivity index (χ0n) is 17.4. The highest BCUT2D eigenvalue weighted by Crippen LogP contribution is 2.40. The van der Waals surface area contributed by atoms with E-state index in [9.17, 15) is 0 Å². The van der Waals surface area contributed by atoms with Gasteiger partial charge in [0.25, 0.3) is 0 Å². The van der Waals surface area contributed by atoms with E-state index in [4.69, 9.17) is 20.8 Å². The van der Waals surface area contributed by atoms with E-state index in [0.29, 0.717) is 18.0 Å². The van der Waals surface area contributed by atoms with Crippen LogP contribution in [0.3, 0.4) is 0 Å². The lowest BCUT2D eigenvalue weighted by molar-refractivity contribution is 0.00630. The summed E-state index contributed by atoms with van der Waals surface area (Å²) in [5, 5.41) is 5.30. The van der Waals surface area contributed by atoms with E-state index in [-0.39, 0.29) is 12.1 Å². The Bertz CT molecular complexity index is 1330. The molecule has 4 heterocycles. The maximum Gasteiger partial charge on any atom is 0.188 e. The topological polar surface area (TPSA) is 70.3 Å². The molecule has 156 valence electrons. The maximum atomic E-state index is 7.45. The Morgan fingerprint density at radius 1 is 1.19 bits per heavy atom. The Kier molecular flexibility index (Phi) is 4.29. The summed E-state index contributed by atoms with van der Waals surface area (Å²) >= 11 is 0. The molecule has 31 heavy (non-hydrogen) atoms. The molecule has 6 rings (SSSR count). The van der Waals surface area contributed by atoms with Crippen LogP contribution >= 0.6 is 0 Å². The van der Waals surface area contributed by atoms with Crippen LogP contribution in [0.15, 0.2) is 35.0 Å². The van der Waals surface area contributed by atoms with Crippen LogP contribution in [0, 0.1) is 6.57 Å². The van der Waals surface area contributed by atoms with E-state index in [1.165, 1.54) is 12.8 Å². The number of imidazole rings is 1. The fraction of sp³-hybridized carbons (Fsp3) is 0.417. The van der Waals surface area contributed by atoms with E-state index < -0.39 is 0 Å². The second kappa shape index (κ2) is 7.17. The van der Waals surface area contributed by atoms with Gasteiger partial charge in [-0.2, -0.15) is 0 Å². The van der Waals surface area contributed by atoms with Crippen LogP contribution in [0.1, 0.15) is 61.8 Å². The van der Waals surface area contributed by atoms with Crippen molar-refractivity contribution >= 4 is 27.6 Å². The van der Waals surface area contributed by atoms with Crippen molar-refractivity contribution in [3.63, 3.8) is 0 Å². The van der Waals surface area contributed by atoms with E-state index in [1.54, 1.807) is 0 Å². The molecular formula is C24H23N5O2. The molecule has 3 aromatic heterocycles. The first kappa shape index (κ1) is 18.5. The number of benzene rings is 1. The van der Waals surface area contributed by atoms with Gasteiger partial charge in [0.05, 0.1) is 42.0 Å². The predicted octanol–water partition coefficient (Wildman–Crippen LogP) is 5.33. The van der Waals surface area contributed by atoms with Gasteiger partial charge in [0, 0.05) is 30.0 Å². The fourth-order valence-corrected chi connectivity index (χ4v) is 4.74. The molecule has 0 N–H and O–H groups in total. The third kappa shape index (κ3) is 3.28. The van der Waals surface area contributed by atoms with Gasteiger partial charge in [-0.15, -0.1) is 0 Å². The Balaban J connectivity index is 1.53. The maximum absolute atomic E-state index is 7.45. The molecule has 0 unspecified atom stereocenters. The van der Waals surface area contributed by atoms with Crippen molar-refractivity contribution in [2.45, 2.75) is 57.1 Å². The second-order valence-corrected chi connectivity index (χ2v) is 8.73. The highest BCUT2D eigenvalue weighted by molar-refractivity contribution is 6.03. The van der Waals surface area contributed by atoms with Crippen LogP contribution in [0.4, 0.5) is 5.69 Å². The lowest BCUT2D eigenvalue weighted by Crippen LogP contribution is -2.26. The van der Waals surface area contributed by atoms with E-state index in [1.807, 2.05) is 24.4 Å². The number of pyridine rings is 1. The van der Waals surface area contributed by atoms with Gasteiger partial charge >= 0.3 is 0 Å². The number of ether oxygens (including phenoxy) is 1. The van der Waals surface area contributed by atoms with Gasteiger partial charge in [0.2, 0.25) is 0 Å². The summed E-state index contributed by atoms with van der Waals surface area (Å²) in [6, 6.07) is 8.04. The van der Waals surface area contributed by atoms with Gasteiger partial charge in [0.15, 0.2) is 5.69 Å². The van der Waals surface area contributed by atoms with Gasteiger partial charge < -0.3 is 13.8 Å². The van der Waals surface area contributed by atoms with Crippen LogP contribution in [-0.2, 0) is 11.2 Å². The normalized spacial score (nSPS) is 21.5. The molecule has 2 atom stereocenters. The molecule has 2 fully saturated rings. The third-order valence-corrected chi connectivity index (χ3v) is 6.42. The van der Waals surface area contributed by atoms with Gasteiger partial charge in [-0.3, -0.25) is 4.98 Å². The molecule has 0 bridgehead atoms. The SMILES string of the molecule is [C-]#[N+]c1ccc2ncc3nc(Cc4cc(C5CC5)on4)n([C@@H]4CCO[C@H](C)C4)c3c2c1. The largest absolute Gasteiger partial charge is 0.378 e. The standard InChI is InChI=1S/C24H23N5O2/c1-14-9-18(7-8-30-14)29-23(12-17-11-22(31-28-17)15-3-4-15)27-21-13-26-20-6-5-16(25-2)10-19(20)24(21)29/h5-6,10-11,13-15,18H,3-4,7-9,12H2,1H3/t14-,18-/m1/s1. The molecule has 7 nitrogen and oxygen atoms in total. The minimum absolute atomic E-state index is 0.199. The minimum atomic E-state index is 0.199. The first-order valence-electron chi connectivity index (χ1n) is 10.9. The van der Waals surface area contributed by atoms with Crippen molar-refractivity contribution in [2.24, 2.45) is 0 Å².